The van der Waals surface area contributed by atoms with E-state index >= 15 is 0 Å². The van der Waals surface area contributed by atoms with Crippen LogP contribution in [0.4, 0.5) is 5.82 Å². The third-order valence-corrected chi connectivity index (χ3v) is 4.44. The maximum Gasteiger partial charge on any atom is 0.227 e. The summed E-state index contributed by atoms with van der Waals surface area (Å²) in [7, 11) is 0. The van der Waals surface area contributed by atoms with Gasteiger partial charge in [0.05, 0.1) is 5.56 Å². The lowest BCUT2D eigenvalue weighted by atomic mass is 10.1. The highest BCUT2D eigenvalue weighted by Crippen LogP contribution is 2.34. The van der Waals surface area contributed by atoms with Crippen LogP contribution in [-0.2, 0) is 0 Å². The molecule has 6 heteroatoms. The van der Waals surface area contributed by atoms with Gasteiger partial charge in [-0.3, -0.25) is 0 Å². The molecule has 0 bridgehead atoms. The summed E-state index contributed by atoms with van der Waals surface area (Å²) in [5, 5.41) is 0. The van der Waals surface area contributed by atoms with Crippen LogP contribution in [0, 0.1) is 13.8 Å². The van der Waals surface area contributed by atoms with Crippen molar-refractivity contribution in [3.05, 3.63) is 39.6 Å². The van der Waals surface area contributed by atoms with Crippen LogP contribution in [0.5, 0.6) is 11.6 Å². The molecule has 0 aliphatic carbocycles. The maximum absolute atomic E-state index is 5.96. The number of aryl methyl sites for hydroxylation is 2. The minimum Gasteiger partial charge on any atom is -0.439 e. The summed E-state index contributed by atoms with van der Waals surface area (Å²) in [6.07, 6.45) is 1.44. The molecule has 1 aromatic carbocycles. The molecule has 0 radical (unpaired) electrons. The van der Waals surface area contributed by atoms with Gasteiger partial charge in [-0.25, -0.2) is 15.8 Å². The van der Waals surface area contributed by atoms with E-state index in [1.807, 2.05) is 39.8 Å². The summed E-state index contributed by atoms with van der Waals surface area (Å²) in [6.45, 7) is 8.15. The quantitative estimate of drug-likeness (QED) is 0.642. The molecule has 5 nitrogen and oxygen atoms in total. The van der Waals surface area contributed by atoms with Crippen molar-refractivity contribution in [1.82, 2.24) is 9.97 Å². The van der Waals surface area contributed by atoms with Crippen molar-refractivity contribution < 1.29 is 4.74 Å². The third kappa shape index (κ3) is 3.33. The molecule has 0 aliphatic rings. The number of rotatable bonds is 4. The molecule has 0 spiro atoms. The van der Waals surface area contributed by atoms with E-state index in [-0.39, 0.29) is 5.92 Å². The van der Waals surface area contributed by atoms with E-state index in [2.05, 4.69) is 31.3 Å². The Morgan fingerprint density at radius 3 is 2.33 bits per heavy atom. The van der Waals surface area contributed by atoms with Gasteiger partial charge < -0.3 is 10.2 Å². The number of ether oxygens (including phenoxy) is 1. The molecule has 0 aliphatic heterocycles. The largest absolute Gasteiger partial charge is 0.439 e. The van der Waals surface area contributed by atoms with Gasteiger partial charge in [-0.05, 0) is 43.0 Å². The first-order chi connectivity index (χ1) is 9.93. The number of halogens is 1. The Bertz CT molecular complexity index is 635. The van der Waals surface area contributed by atoms with Crippen molar-refractivity contribution in [2.75, 3.05) is 5.43 Å². The molecule has 2 rings (SSSR count). The van der Waals surface area contributed by atoms with E-state index < -0.39 is 0 Å². The Kier molecular flexibility index (Phi) is 4.80. The maximum atomic E-state index is 5.96. The lowest BCUT2D eigenvalue weighted by Crippen LogP contribution is -2.13. The van der Waals surface area contributed by atoms with Crippen LogP contribution in [-0.4, -0.2) is 9.97 Å². The van der Waals surface area contributed by atoms with Crippen LogP contribution >= 0.6 is 15.9 Å². The van der Waals surface area contributed by atoms with Gasteiger partial charge in [0.15, 0.2) is 5.82 Å². The number of anilines is 1. The zero-order chi connectivity index (χ0) is 15.6. The molecule has 2 aromatic rings. The van der Waals surface area contributed by atoms with Gasteiger partial charge in [-0.15, -0.1) is 0 Å². The number of nitrogen functional groups attached to an aromatic ring is 1. The smallest absolute Gasteiger partial charge is 0.227 e. The fraction of sp³-hybridized carbons (Fsp3) is 0.333. The Balaban J connectivity index is 2.44. The molecule has 112 valence electrons. The normalized spacial score (nSPS) is 10.8. The molecule has 0 saturated carbocycles. The number of hydrogen-bond acceptors (Lipinski definition) is 5. The molecule has 21 heavy (non-hydrogen) atoms. The van der Waals surface area contributed by atoms with Gasteiger partial charge in [-0.2, -0.15) is 0 Å². The Morgan fingerprint density at radius 2 is 1.81 bits per heavy atom. The fourth-order valence-electron chi connectivity index (χ4n) is 2.17. The molecule has 0 fully saturated rings. The highest BCUT2D eigenvalue weighted by atomic mass is 79.9. The van der Waals surface area contributed by atoms with Crippen molar-refractivity contribution in [3.8, 4) is 11.6 Å². The van der Waals surface area contributed by atoms with Gasteiger partial charge in [-0.1, -0.05) is 29.8 Å². The minimum absolute atomic E-state index is 0.185. The third-order valence-electron chi connectivity index (χ3n) is 3.19. The van der Waals surface area contributed by atoms with Gasteiger partial charge >= 0.3 is 0 Å². The van der Waals surface area contributed by atoms with Crippen LogP contribution in [0.2, 0.25) is 0 Å². The number of nitrogens with zero attached hydrogens (tertiary/aromatic N) is 2. The van der Waals surface area contributed by atoms with E-state index in [1.54, 1.807) is 0 Å². The predicted molar refractivity (Wildman–Crippen MR) is 87.6 cm³/mol. The summed E-state index contributed by atoms with van der Waals surface area (Å²) in [6, 6.07) is 3.94. The number of hydrogen-bond donors (Lipinski definition) is 2. The fourth-order valence-corrected chi connectivity index (χ4v) is 2.40. The molecule has 1 aromatic heterocycles. The Hall–Kier alpha value is -1.66. The zero-order valence-electron chi connectivity index (χ0n) is 12.6. The second-order valence-corrected chi connectivity index (χ2v) is 6.01. The van der Waals surface area contributed by atoms with Crippen molar-refractivity contribution >= 4 is 21.7 Å². The molecule has 0 atom stereocenters. The number of benzene rings is 1. The van der Waals surface area contributed by atoms with Crippen molar-refractivity contribution in [2.24, 2.45) is 5.84 Å². The number of aromatic nitrogens is 2. The van der Waals surface area contributed by atoms with Crippen LogP contribution in [0.25, 0.3) is 0 Å². The monoisotopic (exact) mass is 350 g/mol. The Labute approximate surface area is 133 Å². The highest BCUT2D eigenvalue weighted by molar-refractivity contribution is 9.10. The molecule has 0 saturated heterocycles. The summed E-state index contributed by atoms with van der Waals surface area (Å²) < 4.78 is 7.05. The van der Waals surface area contributed by atoms with Crippen molar-refractivity contribution in [1.29, 1.82) is 0 Å². The molecule has 3 N–H and O–H groups in total. The number of nitrogens with one attached hydrogen (secondary N) is 1. The second kappa shape index (κ2) is 6.41. The van der Waals surface area contributed by atoms with E-state index in [9.17, 15) is 0 Å². The van der Waals surface area contributed by atoms with Crippen LogP contribution in [0.1, 0.15) is 36.5 Å². The van der Waals surface area contributed by atoms with Gasteiger partial charge in [0.25, 0.3) is 0 Å². The minimum atomic E-state index is 0.185. The molecule has 1 heterocycles. The summed E-state index contributed by atoms with van der Waals surface area (Å²) in [4.78, 5) is 8.38. The first-order valence-corrected chi connectivity index (χ1v) is 7.49. The molecular formula is C15H19BrN4O. The molecule has 0 unspecified atom stereocenters. The van der Waals surface area contributed by atoms with Crippen LogP contribution < -0.4 is 16.0 Å². The van der Waals surface area contributed by atoms with E-state index in [0.717, 1.165) is 26.9 Å². The van der Waals surface area contributed by atoms with Gasteiger partial charge in [0, 0.05) is 4.47 Å². The van der Waals surface area contributed by atoms with Crippen molar-refractivity contribution in [3.63, 3.8) is 0 Å². The van der Waals surface area contributed by atoms with E-state index in [4.69, 9.17) is 10.6 Å². The molecular weight excluding hydrogens is 332 g/mol. The average Bonchev–Trinajstić information content (AvgIpc) is 2.44. The lowest BCUT2D eigenvalue weighted by molar-refractivity contribution is 0.451. The van der Waals surface area contributed by atoms with Crippen LogP contribution in [0.15, 0.2) is 22.9 Å². The first kappa shape index (κ1) is 15.7. The molecule has 0 amide bonds. The van der Waals surface area contributed by atoms with Gasteiger partial charge in [0.1, 0.15) is 12.1 Å². The SMILES string of the molecule is Cc1cc(Oc2ncnc(NN)c2C(C)C)cc(C)c1Br. The summed E-state index contributed by atoms with van der Waals surface area (Å²) in [5.74, 6) is 7.55. The van der Waals surface area contributed by atoms with Crippen molar-refractivity contribution in [2.45, 2.75) is 33.6 Å². The van der Waals surface area contributed by atoms with E-state index in [1.165, 1.54) is 6.33 Å². The topological polar surface area (TPSA) is 73.1 Å². The lowest BCUT2D eigenvalue weighted by Gasteiger charge is -2.16. The van der Waals surface area contributed by atoms with E-state index in [0.29, 0.717) is 11.7 Å². The number of hydrazine groups is 1. The zero-order valence-corrected chi connectivity index (χ0v) is 14.2. The standard InChI is InChI=1S/C15H19BrN4O/c1-8(2)12-14(20-17)18-7-19-15(12)21-11-5-9(3)13(16)10(4)6-11/h5-8H,17H2,1-4H3,(H,18,19,20). The number of nitrogens with two attached hydrogens (primary N) is 1. The first-order valence-electron chi connectivity index (χ1n) is 6.70. The van der Waals surface area contributed by atoms with Crippen LogP contribution in [0.3, 0.4) is 0 Å². The highest BCUT2D eigenvalue weighted by Gasteiger charge is 2.16. The average molecular weight is 351 g/mol. The summed E-state index contributed by atoms with van der Waals surface area (Å²) in [5.41, 5.74) is 5.68. The van der Waals surface area contributed by atoms with Gasteiger partial charge in [0.2, 0.25) is 5.88 Å². The Morgan fingerprint density at radius 1 is 1.19 bits per heavy atom. The second-order valence-electron chi connectivity index (χ2n) is 5.21. The predicted octanol–water partition coefficient (Wildman–Crippen LogP) is 4.06. The summed E-state index contributed by atoms with van der Waals surface area (Å²) >= 11 is 3.55.